The molecule has 1 aromatic rings. The highest BCUT2D eigenvalue weighted by Crippen LogP contribution is 2.62. The smallest absolute Gasteiger partial charge is 0.137 e. The monoisotopic (exact) mass is 244 g/mol. The molecule has 96 valence electrons. The lowest BCUT2D eigenvalue weighted by Gasteiger charge is -2.59. The Morgan fingerprint density at radius 1 is 1.28 bits per heavy atom. The Hall–Kier alpha value is -1.15. The van der Waals surface area contributed by atoms with Crippen LogP contribution in [0.5, 0.6) is 0 Å². The van der Waals surface area contributed by atoms with Crippen molar-refractivity contribution in [1.29, 1.82) is 0 Å². The number of carbonyl (C=O) groups is 1. The van der Waals surface area contributed by atoms with Crippen molar-refractivity contribution in [2.45, 2.75) is 39.2 Å². The van der Waals surface area contributed by atoms with Crippen LogP contribution >= 0.6 is 0 Å². The lowest BCUT2D eigenvalue weighted by Crippen LogP contribution is -2.56. The van der Waals surface area contributed by atoms with Crippen molar-refractivity contribution in [2.75, 3.05) is 0 Å². The van der Waals surface area contributed by atoms with Gasteiger partial charge in [-0.2, -0.15) is 0 Å². The molecule has 4 rings (SSSR count). The lowest BCUT2D eigenvalue weighted by atomic mass is 9.44. The van der Waals surface area contributed by atoms with Gasteiger partial charge in [0.2, 0.25) is 0 Å². The lowest BCUT2D eigenvalue weighted by molar-refractivity contribution is -0.151. The molecule has 2 heteroatoms. The van der Waals surface area contributed by atoms with Crippen molar-refractivity contribution >= 4 is 5.78 Å². The van der Waals surface area contributed by atoms with Crippen LogP contribution in [0.3, 0.4) is 0 Å². The van der Waals surface area contributed by atoms with E-state index in [1.807, 2.05) is 12.1 Å². The number of hydrogen-bond donors (Lipinski definition) is 1. The zero-order chi connectivity index (χ0) is 12.9. The van der Waals surface area contributed by atoms with Crippen LogP contribution in [0.25, 0.3) is 0 Å². The van der Waals surface area contributed by atoms with Crippen LogP contribution in [0.2, 0.25) is 0 Å². The SMILES string of the molecule is CC1(C)[C@@H]2C[C@H]1C(=O)C[C@H]2c1ccc(CO)cc1. The summed E-state index contributed by atoms with van der Waals surface area (Å²) in [7, 11) is 0. The van der Waals surface area contributed by atoms with Crippen molar-refractivity contribution in [3.8, 4) is 0 Å². The van der Waals surface area contributed by atoms with E-state index in [1.54, 1.807) is 0 Å². The number of benzene rings is 1. The fourth-order valence-electron chi connectivity index (χ4n) is 3.91. The van der Waals surface area contributed by atoms with E-state index in [4.69, 9.17) is 5.11 Å². The van der Waals surface area contributed by atoms with Gasteiger partial charge in [0.1, 0.15) is 5.78 Å². The summed E-state index contributed by atoms with van der Waals surface area (Å²) in [6.45, 7) is 4.55. The molecule has 0 unspecified atom stereocenters. The molecule has 3 aliphatic rings. The van der Waals surface area contributed by atoms with Gasteiger partial charge in [-0.25, -0.2) is 0 Å². The molecular formula is C16H20O2. The predicted molar refractivity (Wildman–Crippen MR) is 70.1 cm³/mol. The Labute approximate surface area is 108 Å². The molecule has 0 radical (unpaired) electrons. The van der Waals surface area contributed by atoms with E-state index >= 15 is 0 Å². The molecule has 2 nitrogen and oxygen atoms in total. The number of Topliss-reactive ketones (excluding diaryl/α,β-unsaturated/α-hetero) is 1. The molecule has 2 bridgehead atoms. The molecule has 0 aliphatic heterocycles. The Kier molecular flexibility index (Phi) is 2.60. The number of aliphatic hydroxyl groups excluding tert-OH is 1. The quantitative estimate of drug-likeness (QED) is 0.868. The molecule has 18 heavy (non-hydrogen) atoms. The maximum Gasteiger partial charge on any atom is 0.137 e. The fraction of sp³-hybridized carbons (Fsp3) is 0.562. The third kappa shape index (κ3) is 1.55. The van der Waals surface area contributed by atoms with E-state index in [-0.39, 0.29) is 12.0 Å². The van der Waals surface area contributed by atoms with Crippen LogP contribution in [0.15, 0.2) is 24.3 Å². The van der Waals surface area contributed by atoms with Crippen LogP contribution in [0.1, 0.15) is 43.7 Å². The number of hydrogen-bond acceptors (Lipinski definition) is 2. The fourth-order valence-corrected chi connectivity index (χ4v) is 3.91. The highest BCUT2D eigenvalue weighted by molar-refractivity contribution is 5.85. The summed E-state index contributed by atoms with van der Waals surface area (Å²) in [5.41, 5.74) is 2.37. The van der Waals surface area contributed by atoms with Crippen LogP contribution in [0.4, 0.5) is 0 Å². The highest BCUT2D eigenvalue weighted by atomic mass is 16.3. The minimum Gasteiger partial charge on any atom is -0.392 e. The van der Waals surface area contributed by atoms with Crippen molar-refractivity contribution in [3.05, 3.63) is 35.4 Å². The molecule has 1 aromatic carbocycles. The molecule has 3 fully saturated rings. The molecule has 3 saturated carbocycles. The summed E-state index contributed by atoms with van der Waals surface area (Å²) in [6, 6.07) is 8.10. The van der Waals surface area contributed by atoms with Crippen molar-refractivity contribution < 1.29 is 9.90 Å². The Morgan fingerprint density at radius 3 is 2.44 bits per heavy atom. The summed E-state index contributed by atoms with van der Waals surface area (Å²) in [5, 5.41) is 9.07. The van der Waals surface area contributed by atoms with E-state index in [0.29, 0.717) is 30.0 Å². The van der Waals surface area contributed by atoms with E-state index in [0.717, 1.165) is 12.0 Å². The molecule has 0 aromatic heterocycles. The number of ketones is 1. The van der Waals surface area contributed by atoms with Gasteiger partial charge in [-0.05, 0) is 34.8 Å². The van der Waals surface area contributed by atoms with Gasteiger partial charge in [0.25, 0.3) is 0 Å². The largest absolute Gasteiger partial charge is 0.392 e. The number of aliphatic hydroxyl groups is 1. The van der Waals surface area contributed by atoms with Crippen LogP contribution < -0.4 is 0 Å². The molecule has 3 atom stereocenters. The van der Waals surface area contributed by atoms with Crippen LogP contribution in [-0.2, 0) is 11.4 Å². The van der Waals surface area contributed by atoms with Gasteiger partial charge in [-0.15, -0.1) is 0 Å². The first kappa shape index (κ1) is 11.9. The first-order chi connectivity index (χ1) is 8.54. The topological polar surface area (TPSA) is 37.3 Å². The van der Waals surface area contributed by atoms with Crippen molar-refractivity contribution in [2.24, 2.45) is 17.3 Å². The first-order valence-corrected chi connectivity index (χ1v) is 6.76. The maximum absolute atomic E-state index is 12.1. The summed E-state index contributed by atoms with van der Waals surface area (Å²) in [6.07, 6.45) is 1.77. The van der Waals surface area contributed by atoms with Gasteiger partial charge in [0.05, 0.1) is 6.61 Å². The van der Waals surface area contributed by atoms with E-state index < -0.39 is 0 Å². The average molecular weight is 244 g/mol. The van der Waals surface area contributed by atoms with E-state index in [1.165, 1.54) is 5.56 Å². The van der Waals surface area contributed by atoms with Gasteiger partial charge < -0.3 is 5.11 Å². The molecule has 1 N–H and O–H groups in total. The summed E-state index contributed by atoms with van der Waals surface area (Å²) in [5.74, 6) is 1.76. The second-order valence-electron chi connectivity index (χ2n) is 6.39. The van der Waals surface area contributed by atoms with Crippen molar-refractivity contribution in [1.82, 2.24) is 0 Å². The summed E-state index contributed by atoms with van der Waals surface area (Å²) < 4.78 is 0. The Balaban J connectivity index is 1.89. The second-order valence-corrected chi connectivity index (χ2v) is 6.39. The van der Waals surface area contributed by atoms with Gasteiger partial charge in [0.15, 0.2) is 0 Å². The van der Waals surface area contributed by atoms with Crippen molar-refractivity contribution in [3.63, 3.8) is 0 Å². The summed E-state index contributed by atoms with van der Waals surface area (Å²) in [4.78, 5) is 12.1. The zero-order valence-corrected chi connectivity index (χ0v) is 11.0. The number of fused-ring (bicyclic) bond motifs is 2. The molecule has 0 amide bonds. The van der Waals surface area contributed by atoms with Crippen LogP contribution in [-0.4, -0.2) is 10.9 Å². The molecule has 3 aliphatic carbocycles. The first-order valence-electron chi connectivity index (χ1n) is 6.76. The minimum atomic E-state index is 0.0842. The third-order valence-electron chi connectivity index (χ3n) is 5.23. The van der Waals surface area contributed by atoms with Crippen LogP contribution in [0, 0.1) is 17.3 Å². The zero-order valence-electron chi connectivity index (χ0n) is 11.0. The van der Waals surface area contributed by atoms with Gasteiger partial charge >= 0.3 is 0 Å². The second kappa shape index (κ2) is 3.92. The molecule has 0 saturated heterocycles. The van der Waals surface area contributed by atoms with E-state index in [9.17, 15) is 4.79 Å². The number of carbonyl (C=O) groups excluding carboxylic acids is 1. The van der Waals surface area contributed by atoms with Gasteiger partial charge in [-0.3, -0.25) is 4.79 Å². The molecule has 0 spiro atoms. The maximum atomic E-state index is 12.1. The number of rotatable bonds is 2. The summed E-state index contributed by atoms with van der Waals surface area (Å²) >= 11 is 0. The highest BCUT2D eigenvalue weighted by Gasteiger charge is 2.58. The third-order valence-corrected chi connectivity index (χ3v) is 5.23. The van der Waals surface area contributed by atoms with E-state index in [2.05, 4.69) is 26.0 Å². The average Bonchev–Trinajstić information content (AvgIpc) is 2.37. The van der Waals surface area contributed by atoms with Gasteiger partial charge in [-0.1, -0.05) is 38.1 Å². The predicted octanol–water partition coefficient (Wildman–Crippen LogP) is 2.90. The van der Waals surface area contributed by atoms with Gasteiger partial charge in [0, 0.05) is 12.3 Å². The Bertz CT molecular complexity index is 472. The molecule has 0 heterocycles. The standard InChI is InChI=1S/C16H20O2/c1-16(2)13-8-14(16)15(18)7-12(13)11-5-3-10(9-17)4-6-11/h3-6,12-14,17H,7-9H2,1-2H3/t12-,13+,14-/m0/s1. The molecular weight excluding hydrogens is 224 g/mol. The Morgan fingerprint density at radius 2 is 1.94 bits per heavy atom. The normalized spacial score (nSPS) is 33.1. The minimum absolute atomic E-state index is 0.0842.